The Morgan fingerprint density at radius 2 is 2.14 bits per heavy atom. The number of aromatic nitrogens is 7. The van der Waals surface area contributed by atoms with E-state index in [1.165, 1.54) is 0 Å². The van der Waals surface area contributed by atoms with Gasteiger partial charge in [-0.25, -0.2) is 9.50 Å². The standard InChI is InChI=1S/C20H20N8O/c1-13-7-20(8-13,4-5-21)28-10-14(9-23-28)18-17-3-6-22-27(17)12-16(24-18)15-11-26(2)25-19(15)29/h3,6,9-13H,4,7-8H2,1-2H3,(H,25,29)/t13-,20-. The fourth-order valence-electron chi connectivity index (χ4n) is 4.46. The lowest BCUT2D eigenvalue weighted by molar-refractivity contribution is 0.0682. The molecule has 0 aromatic carbocycles. The van der Waals surface area contributed by atoms with E-state index in [4.69, 9.17) is 4.98 Å². The van der Waals surface area contributed by atoms with Crippen molar-refractivity contribution in [2.24, 2.45) is 13.0 Å². The topological polar surface area (TPSA) is 110 Å². The Kier molecular flexibility index (Phi) is 3.71. The molecule has 9 nitrogen and oxygen atoms in total. The average Bonchev–Trinajstić information content (AvgIpc) is 3.38. The quantitative estimate of drug-likeness (QED) is 0.577. The van der Waals surface area contributed by atoms with Crippen LogP contribution in [-0.4, -0.2) is 34.2 Å². The molecule has 1 saturated carbocycles. The number of nitrogens with one attached hydrogen (secondary N) is 1. The van der Waals surface area contributed by atoms with Crippen LogP contribution in [0.4, 0.5) is 0 Å². The maximum absolute atomic E-state index is 12.3. The van der Waals surface area contributed by atoms with Crippen molar-refractivity contribution >= 4 is 5.52 Å². The van der Waals surface area contributed by atoms with E-state index in [2.05, 4.69) is 28.3 Å². The number of nitriles is 1. The lowest BCUT2D eigenvalue weighted by Crippen LogP contribution is -2.45. The number of H-pyrrole nitrogens is 1. The highest BCUT2D eigenvalue weighted by molar-refractivity contribution is 5.78. The van der Waals surface area contributed by atoms with Gasteiger partial charge >= 0.3 is 0 Å². The first-order valence-electron chi connectivity index (χ1n) is 9.52. The summed E-state index contributed by atoms with van der Waals surface area (Å²) in [5, 5.41) is 20.9. The van der Waals surface area contributed by atoms with E-state index in [-0.39, 0.29) is 11.1 Å². The lowest BCUT2D eigenvalue weighted by Gasteiger charge is -2.45. The maximum Gasteiger partial charge on any atom is 0.273 e. The Morgan fingerprint density at radius 1 is 1.31 bits per heavy atom. The van der Waals surface area contributed by atoms with Gasteiger partial charge in [-0.2, -0.15) is 15.5 Å². The molecule has 0 atom stereocenters. The lowest BCUT2D eigenvalue weighted by atomic mass is 9.67. The van der Waals surface area contributed by atoms with Gasteiger partial charge in [0.2, 0.25) is 0 Å². The predicted octanol–water partition coefficient (Wildman–Crippen LogP) is 2.33. The highest BCUT2D eigenvalue weighted by Crippen LogP contribution is 2.46. The van der Waals surface area contributed by atoms with Crippen molar-refractivity contribution in [3.05, 3.63) is 47.4 Å². The summed E-state index contributed by atoms with van der Waals surface area (Å²) in [7, 11) is 1.76. The van der Waals surface area contributed by atoms with Crippen molar-refractivity contribution in [3.8, 4) is 28.6 Å². The average molecular weight is 388 g/mol. The molecule has 0 radical (unpaired) electrons. The molecule has 1 fully saturated rings. The fourth-order valence-corrected chi connectivity index (χ4v) is 4.46. The summed E-state index contributed by atoms with van der Waals surface area (Å²) in [6.07, 6.45) is 11.2. The summed E-state index contributed by atoms with van der Waals surface area (Å²) in [5.74, 6) is 0.587. The molecule has 4 aromatic rings. The Labute approximate surface area is 166 Å². The summed E-state index contributed by atoms with van der Waals surface area (Å²) >= 11 is 0. The zero-order valence-electron chi connectivity index (χ0n) is 16.2. The molecule has 1 aliphatic carbocycles. The number of nitrogens with zero attached hydrogens (tertiary/aromatic N) is 7. The van der Waals surface area contributed by atoms with E-state index in [9.17, 15) is 10.1 Å². The van der Waals surface area contributed by atoms with Crippen LogP contribution in [0.5, 0.6) is 0 Å². The van der Waals surface area contributed by atoms with Crippen LogP contribution in [0.1, 0.15) is 26.2 Å². The Morgan fingerprint density at radius 3 is 2.83 bits per heavy atom. The molecule has 4 aromatic heterocycles. The first kappa shape index (κ1) is 17.4. The minimum Gasteiger partial charge on any atom is -0.295 e. The first-order chi connectivity index (χ1) is 14.0. The molecule has 1 aliphatic rings. The molecule has 0 unspecified atom stereocenters. The van der Waals surface area contributed by atoms with Crippen LogP contribution in [-0.2, 0) is 12.6 Å². The molecule has 0 bridgehead atoms. The second-order valence-corrected chi connectivity index (χ2v) is 7.98. The van der Waals surface area contributed by atoms with E-state index in [1.54, 1.807) is 41.0 Å². The fraction of sp³-hybridized carbons (Fsp3) is 0.350. The van der Waals surface area contributed by atoms with Crippen molar-refractivity contribution < 1.29 is 0 Å². The number of hydrogen-bond donors (Lipinski definition) is 1. The molecule has 29 heavy (non-hydrogen) atoms. The minimum absolute atomic E-state index is 0.204. The second-order valence-electron chi connectivity index (χ2n) is 7.98. The van der Waals surface area contributed by atoms with Crippen LogP contribution >= 0.6 is 0 Å². The van der Waals surface area contributed by atoms with Crippen molar-refractivity contribution in [2.75, 3.05) is 0 Å². The van der Waals surface area contributed by atoms with Gasteiger partial charge in [0, 0.05) is 25.0 Å². The number of rotatable bonds is 4. The van der Waals surface area contributed by atoms with Crippen molar-refractivity contribution in [1.82, 2.24) is 34.2 Å². The van der Waals surface area contributed by atoms with E-state index < -0.39 is 0 Å². The van der Waals surface area contributed by atoms with Crippen LogP contribution in [0.3, 0.4) is 0 Å². The van der Waals surface area contributed by atoms with Gasteiger partial charge in [0.25, 0.3) is 5.56 Å². The third kappa shape index (κ3) is 2.68. The monoisotopic (exact) mass is 388 g/mol. The molecule has 0 spiro atoms. The number of hydrogen-bond acceptors (Lipinski definition) is 5. The zero-order chi connectivity index (χ0) is 20.2. The summed E-state index contributed by atoms with van der Waals surface area (Å²) in [6.45, 7) is 2.19. The minimum atomic E-state index is -0.239. The highest BCUT2D eigenvalue weighted by atomic mass is 16.1. The first-order valence-corrected chi connectivity index (χ1v) is 9.52. The molecule has 5 rings (SSSR count). The smallest absolute Gasteiger partial charge is 0.273 e. The highest BCUT2D eigenvalue weighted by Gasteiger charge is 2.44. The van der Waals surface area contributed by atoms with Crippen LogP contribution in [0.25, 0.3) is 28.0 Å². The van der Waals surface area contributed by atoms with Crippen LogP contribution in [0, 0.1) is 17.2 Å². The molecule has 4 heterocycles. The van der Waals surface area contributed by atoms with E-state index in [0.717, 1.165) is 23.9 Å². The SMILES string of the molecule is Cn1cc(-c2cn3nccc3c(-c3cnn([C@]4(CC#N)C[C@@H](C)C4)c3)n2)c(=O)[nH]1. The van der Waals surface area contributed by atoms with Gasteiger partial charge in [-0.3, -0.25) is 19.3 Å². The molecular formula is C20H20N8O. The number of fused-ring (bicyclic) bond motifs is 1. The van der Waals surface area contributed by atoms with Crippen LogP contribution < -0.4 is 5.56 Å². The molecule has 1 N–H and O–H groups in total. The molecule has 0 saturated heterocycles. The van der Waals surface area contributed by atoms with E-state index in [1.807, 2.05) is 16.9 Å². The van der Waals surface area contributed by atoms with Crippen molar-refractivity contribution in [2.45, 2.75) is 31.7 Å². The van der Waals surface area contributed by atoms with Gasteiger partial charge in [-0.05, 0) is 24.8 Å². The summed E-state index contributed by atoms with van der Waals surface area (Å²) in [6, 6.07) is 4.20. The van der Waals surface area contributed by atoms with Gasteiger partial charge in [0.1, 0.15) is 0 Å². The predicted molar refractivity (Wildman–Crippen MR) is 106 cm³/mol. The normalized spacial score (nSPS) is 21.2. The number of aromatic amines is 1. The molecular weight excluding hydrogens is 368 g/mol. The Balaban J connectivity index is 1.64. The van der Waals surface area contributed by atoms with Gasteiger partial charge < -0.3 is 0 Å². The van der Waals surface area contributed by atoms with E-state index in [0.29, 0.717) is 29.3 Å². The summed E-state index contributed by atoms with van der Waals surface area (Å²) in [4.78, 5) is 17.0. The van der Waals surface area contributed by atoms with Gasteiger partial charge in [0.05, 0.1) is 59.1 Å². The van der Waals surface area contributed by atoms with Gasteiger partial charge in [-0.1, -0.05) is 6.92 Å². The van der Waals surface area contributed by atoms with E-state index >= 15 is 0 Å². The molecule has 9 heteroatoms. The molecule has 146 valence electrons. The Bertz CT molecular complexity index is 1310. The van der Waals surface area contributed by atoms with Crippen LogP contribution in [0.2, 0.25) is 0 Å². The van der Waals surface area contributed by atoms with Crippen LogP contribution in [0.15, 0.2) is 41.8 Å². The largest absolute Gasteiger partial charge is 0.295 e. The second kappa shape index (κ2) is 6.17. The third-order valence-corrected chi connectivity index (χ3v) is 5.72. The zero-order valence-corrected chi connectivity index (χ0v) is 16.2. The number of aryl methyl sites for hydroxylation is 1. The summed E-state index contributed by atoms with van der Waals surface area (Å²) in [5.41, 5.74) is 2.94. The summed E-state index contributed by atoms with van der Waals surface area (Å²) < 4.78 is 5.24. The van der Waals surface area contributed by atoms with Crippen molar-refractivity contribution in [3.63, 3.8) is 0 Å². The third-order valence-electron chi connectivity index (χ3n) is 5.72. The molecule has 0 aliphatic heterocycles. The Hall–Kier alpha value is -3.67. The van der Waals surface area contributed by atoms with Gasteiger partial charge in [0.15, 0.2) is 0 Å². The van der Waals surface area contributed by atoms with Gasteiger partial charge in [-0.15, -0.1) is 0 Å². The maximum atomic E-state index is 12.3. The molecule has 0 amide bonds. The van der Waals surface area contributed by atoms with Crippen molar-refractivity contribution in [1.29, 1.82) is 5.26 Å².